The van der Waals surface area contributed by atoms with Crippen LogP contribution >= 0.6 is 0 Å². The normalized spacial score (nSPS) is 17.0. The molecule has 2 aromatic carbocycles. The van der Waals surface area contributed by atoms with Crippen molar-refractivity contribution in [2.24, 2.45) is 0 Å². The van der Waals surface area contributed by atoms with Crippen molar-refractivity contribution in [2.45, 2.75) is 6.10 Å². The molecule has 0 aliphatic carbocycles. The second-order valence-electron chi connectivity index (χ2n) is 5.72. The molecule has 1 unspecified atom stereocenters. The summed E-state index contributed by atoms with van der Waals surface area (Å²) in [5, 5.41) is 2.91. The molecule has 2 aromatic rings. The number of urea groups is 1. The van der Waals surface area contributed by atoms with Gasteiger partial charge in [0.1, 0.15) is 6.10 Å². The molecular formula is C19H22N2O4. The maximum Gasteiger partial charge on any atom is 0.322 e. The Morgan fingerprint density at radius 2 is 1.88 bits per heavy atom. The van der Waals surface area contributed by atoms with Crippen LogP contribution in [0.1, 0.15) is 11.7 Å². The number of nitrogens with one attached hydrogen (secondary N) is 1. The summed E-state index contributed by atoms with van der Waals surface area (Å²) in [6, 6.07) is 15.1. The number of morpholine rings is 1. The van der Waals surface area contributed by atoms with Gasteiger partial charge in [0.05, 0.1) is 27.4 Å². The van der Waals surface area contributed by atoms with Gasteiger partial charge in [0, 0.05) is 18.3 Å². The summed E-state index contributed by atoms with van der Waals surface area (Å²) >= 11 is 0. The van der Waals surface area contributed by atoms with E-state index in [1.807, 2.05) is 30.3 Å². The van der Waals surface area contributed by atoms with Crippen LogP contribution in [0.15, 0.2) is 48.5 Å². The Hall–Kier alpha value is -2.73. The monoisotopic (exact) mass is 342 g/mol. The highest BCUT2D eigenvalue weighted by atomic mass is 16.5. The minimum Gasteiger partial charge on any atom is -0.493 e. The average molecular weight is 342 g/mol. The van der Waals surface area contributed by atoms with Crippen molar-refractivity contribution in [1.82, 2.24) is 4.90 Å². The summed E-state index contributed by atoms with van der Waals surface area (Å²) in [5.41, 5.74) is 1.73. The molecule has 0 bridgehead atoms. The molecule has 1 atom stereocenters. The van der Waals surface area contributed by atoms with Crippen LogP contribution in [0.25, 0.3) is 0 Å². The number of methoxy groups -OCH3 is 2. The maximum absolute atomic E-state index is 12.6. The van der Waals surface area contributed by atoms with Crippen molar-refractivity contribution in [1.29, 1.82) is 0 Å². The Bertz CT molecular complexity index is 721. The molecule has 132 valence electrons. The molecular weight excluding hydrogens is 320 g/mol. The van der Waals surface area contributed by atoms with Gasteiger partial charge in [-0.3, -0.25) is 0 Å². The summed E-state index contributed by atoms with van der Waals surface area (Å²) < 4.78 is 16.3. The van der Waals surface area contributed by atoms with E-state index in [-0.39, 0.29) is 12.1 Å². The fraction of sp³-hybridized carbons (Fsp3) is 0.316. The number of amides is 2. The van der Waals surface area contributed by atoms with E-state index >= 15 is 0 Å². The Morgan fingerprint density at radius 3 is 2.60 bits per heavy atom. The third-order valence-electron chi connectivity index (χ3n) is 4.16. The van der Waals surface area contributed by atoms with Gasteiger partial charge in [0.25, 0.3) is 0 Å². The van der Waals surface area contributed by atoms with Crippen molar-refractivity contribution >= 4 is 11.7 Å². The number of hydrogen-bond acceptors (Lipinski definition) is 4. The minimum atomic E-state index is -0.156. The van der Waals surface area contributed by atoms with Crippen LogP contribution in [0.5, 0.6) is 11.5 Å². The van der Waals surface area contributed by atoms with Crippen LogP contribution in [0, 0.1) is 0 Å². The van der Waals surface area contributed by atoms with Crippen LogP contribution < -0.4 is 14.8 Å². The second kappa shape index (κ2) is 7.90. The van der Waals surface area contributed by atoms with Gasteiger partial charge < -0.3 is 24.4 Å². The number of anilines is 1. The Balaban J connectivity index is 1.67. The van der Waals surface area contributed by atoms with E-state index in [1.165, 1.54) is 0 Å². The number of rotatable bonds is 4. The van der Waals surface area contributed by atoms with Crippen molar-refractivity contribution in [2.75, 3.05) is 39.2 Å². The van der Waals surface area contributed by atoms with Crippen LogP contribution in [0.4, 0.5) is 10.5 Å². The second-order valence-corrected chi connectivity index (χ2v) is 5.72. The summed E-state index contributed by atoms with van der Waals surface area (Å²) in [5.74, 6) is 1.19. The predicted molar refractivity (Wildman–Crippen MR) is 95.3 cm³/mol. The molecule has 1 fully saturated rings. The zero-order valence-corrected chi connectivity index (χ0v) is 14.4. The Kier molecular flexibility index (Phi) is 5.40. The van der Waals surface area contributed by atoms with E-state index in [0.29, 0.717) is 36.9 Å². The van der Waals surface area contributed by atoms with E-state index < -0.39 is 0 Å². The first-order valence-electron chi connectivity index (χ1n) is 8.15. The molecule has 0 spiro atoms. The molecule has 0 aromatic heterocycles. The standard InChI is InChI=1S/C19H22N2O4/c1-23-16-9-8-15(12-17(16)24-2)20-19(22)21-10-11-25-18(13-21)14-6-4-3-5-7-14/h3-9,12,18H,10-11,13H2,1-2H3,(H,20,22). The van der Waals surface area contributed by atoms with Crippen LogP contribution in [0.3, 0.4) is 0 Å². The van der Waals surface area contributed by atoms with Gasteiger partial charge in [-0.15, -0.1) is 0 Å². The highest BCUT2D eigenvalue weighted by molar-refractivity contribution is 5.89. The highest BCUT2D eigenvalue weighted by Crippen LogP contribution is 2.30. The van der Waals surface area contributed by atoms with E-state index in [9.17, 15) is 4.79 Å². The molecule has 6 heteroatoms. The molecule has 1 saturated heterocycles. The van der Waals surface area contributed by atoms with Gasteiger partial charge in [0.15, 0.2) is 11.5 Å². The maximum atomic E-state index is 12.6. The highest BCUT2D eigenvalue weighted by Gasteiger charge is 2.25. The van der Waals surface area contributed by atoms with Gasteiger partial charge in [0.2, 0.25) is 0 Å². The lowest BCUT2D eigenvalue weighted by Crippen LogP contribution is -2.44. The van der Waals surface area contributed by atoms with Crippen molar-refractivity contribution in [3.05, 3.63) is 54.1 Å². The molecule has 0 saturated carbocycles. The fourth-order valence-corrected chi connectivity index (χ4v) is 2.82. The molecule has 0 radical (unpaired) electrons. The first-order chi connectivity index (χ1) is 12.2. The molecule has 25 heavy (non-hydrogen) atoms. The number of ether oxygens (including phenoxy) is 3. The summed E-state index contributed by atoms with van der Waals surface area (Å²) in [4.78, 5) is 14.3. The molecule has 6 nitrogen and oxygen atoms in total. The Labute approximate surface area is 147 Å². The average Bonchev–Trinajstić information content (AvgIpc) is 2.68. The van der Waals surface area contributed by atoms with Crippen molar-refractivity contribution in [3.8, 4) is 11.5 Å². The molecule has 1 aliphatic heterocycles. The zero-order chi connectivity index (χ0) is 17.6. The zero-order valence-electron chi connectivity index (χ0n) is 14.4. The van der Waals surface area contributed by atoms with Gasteiger partial charge in [-0.1, -0.05) is 30.3 Å². The van der Waals surface area contributed by atoms with Gasteiger partial charge in [-0.25, -0.2) is 4.79 Å². The van der Waals surface area contributed by atoms with Crippen LogP contribution in [0.2, 0.25) is 0 Å². The van der Waals surface area contributed by atoms with E-state index in [0.717, 1.165) is 5.56 Å². The first-order valence-corrected chi connectivity index (χ1v) is 8.15. The van der Waals surface area contributed by atoms with Gasteiger partial charge in [-0.2, -0.15) is 0 Å². The summed E-state index contributed by atoms with van der Waals surface area (Å²) in [7, 11) is 3.14. The molecule has 1 heterocycles. The first kappa shape index (κ1) is 17.1. The number of hydrogen-bond donors (Lipinski definition) is 1. The van der Waals surface area contributed by atoms with Crippen LogP contribution in [-0.2, 0) is 4.74 Å². The minimum absolute atomic E-state index is 0.105. The molecule has 2 amide bonds. The molecule has 1 N–H and O–H groups in total. The van der Waals surface area contributed by atoms with E-state index in [4.69, 9.17) is 14.2 Å². The van der Waals surface area contributed by atoms with Crippen molar-refractivity contribution < 1.29 is 19.0 Å². The van der Waals surface area contributed by atoms with Gasteiger partial charge >= 0.3 is 6.03 Å². The predicted octanol–water partition coefficient (Wildman–Crippen LogP) is 3.31. The van der Waals surface area contributed by atoms with E-state index in [2.05, 4.69) is 5.32 Å². The number of carbonyl (C=O) groups excluding carboxylic acids is 1. The topological polar surface area (TPSA) is 60.0 Å². The quantitative estimate of drug-likeness (QED) is 0.926. The smallest absolute Gasteiger partial charge is 0.322 e. The van der Waals surface area contributed by atoms with Crippen LogP contribution in [-0.4, -0.2) is 44.8 Å². The lowest BCUT2D eigenvalue weighted by atomic mass is 10.1. The fourth-order valence-electron chi connectivity index (χ4n) is 2.82. The number of carbonyl (C=O) groups is 1. The summed E-state index contributed by atoms with van der Waals surface area (Å²) in [6.07, 6.45) is -0.105. The third kappa shape index (κ3) is 4.03. The van der Waals surface area contributed by atoms with E-state index in [1.54, 1.807) is 37.3 Å². The Morgan fingerprint density at radius 1 is 1.12 bits per heavy atom. The molecule has 3 rings (SSSR count). The third-order valence-corrected chi connectivity index (χ3v) is 4.16. The number of benzene rings is 2. The SMILES string of the molecule is COc1ccc(NC(=O)N2CCOC(c3ccccc3)C2)cc1OC. The lowest BCUT2D eigenvalue weighted by molar-refractivity contribution is -0.0135. The number of nitrogens with zero attached hydrogens (tertiary/aromatic N) is 1. The molecule has 1 aliphatic rings. The van der Waals surface area contributed by atoms with Gasteiger partial charge in [-0.05, 0) is 17.7 Å². The summed E-state index contributed by atoms with van der Waals surface area (Å²) in [6.45, 7) is 1.59. The lowest BCUT2D eigenvalue weighted by Gasteiger charge is -2.33. The van der Waals surface area contributed by atoms with Crippen molar-refractivity contribution in [3.63, 3.8) is 0 Å². The largest absolute Gasteiger partial charge is 0.493 e.